The van der Waals surface area contributed by atoms with Crippen molar-refractivity contribution in [3.8, 4) is 0 Å². The lowest BCUT2D eigenvalue weighted by atomic mass is 9.75. The van der Waals surface area contributed by atoms with Crippen LogP contribution < -0.4 is 0 Å². The Balaban J connectivity index is 2.50. The highest BCUT2D eigenvalue weighted by Gasteiger charge is 2.31. The highest BCUT2D eigenvalue weighted by molar-refractivity contribution is 6.63. The summed E-state index contributed by atoms with van der Waals surface area (Å²) in [5.74, 6) is 1.90. The van der Waals surface area contributed by atoms with E-state index in [1.807, 2.05) is 0 Å². The van der Waals surface area contributed by atoms with Crippen molar-refractivity contribution < 1.29 is 9.53 Å². The third-order valence-corrected chi connectivity index (χ3v) is 3.48. The molecule has 0 radical (unpaired) electrons. The zero-order valence-corrected chi connectivity index (χ0v) is 10.6. The first-order chi connectivity index (χ1) is 7.00. The van der Waals surface area contributed by atoms with Gasteiger partial charge in [0.15, 0.2) is 0 Å². The summed E-state index contributed by atoms with van der Waals surface area (Å²) in [6.45, 7) is 6.75. The Morgan fingerprint density at radius 2 is 2.13 bits per heavy atom. The van der Waals surface area contributed by atoms with E-state index in [4.69, 9.17) is 16.3 Å². The van der Waals surface area contributed by atoms with Crippen LogP contribution in [-0.2, 0) is 9.53 Å². The minimum absolute atomic E-state index is 0.0577. The van der Waals surface area contributed by atoms with Crippen LogP contribution in [0.3, 0.4) is 0 Å². The van der Waals surface area contributed by atoms with Gasteiger partial charge in [-0.2, -0.15) is 0 Å². The van der Waals surface area contributed by atoms with Crippen LogP contribution in [0.2, 0.25) is 0 Å². The molecule has 1 saturated carbocycles. The summed E-state index contributed by atoms with van der Waals surface area (Å²) >= 11 is 5.30. The van der Waals surface area contributed by atoms with E-state index in [-0.39, 0.29) is 12.7 Å². The highest BCUT2D eigenvalue weighted by atomic mass is 35.5. The molecule has 3 heteroatoms. The van der Waals surface area contributed by atoms with E-state index >= 15 is 0 Å². The van der Waals surface area contributed by atoms with Crippen LogP contribution in [0, 0.1) is 17.8 Å². The summed E-state index contributed by atoms with van der Waals surface area (Å²) in [5, 5.41) is -0.393. The summed E-state index contributed by atoms with van der Waals surface area (Å²) in [6, 6.07) is 0. The molecule has 1 rings (SSSR count). The Hall–Kier alpha value is -0.0800. The largest absolute Gasteiger partial charge is 0.369 e. The van der Waals surface area contributed by atoms with Gasteiger partial charge in [-0.3, -0.25) is 4.79 Å². The molecule has 1 aliphatic carbocycles. The fourth-order valence-corrected chi connectivity index (χ4v) is 2.54. The quantitative estimate of drug-likeness (QED) is 0.696. The molecule has 2 nitrogen and oxygen atoms in total. The third kappa shape index (κ3) is 4.12. The Bertz CT molecular complexity index is 216. The van der Waals surface area contributed by atoms with Crippen LogP contribution in [0.4, 0.5) is 0 Å². The first kappa shape index (κ1) is 13.0. The molecule has 1 aliphatic rings. The smallest absolute Gasteiger partial charge is 0.247 e. The number of carbonyl (C=O) groups is 1. The predicted octanol–water partition coefficient (Wildman–Crippen LogP) is 3.23. The molecular formula is C12H21ClO2. The molecule has 3 atom stereocenters. The molecule has 0 aliphatic heterocycles. The summed E-state index contributed by atoms with van der Waals surface area (Å²) in [5.41, 5.74) is 0. The van der Waals surface area contributed by atoms with Gasteiger partial charge in [0, 0.05) is 0 Å². The Kier molecular flexibility index (Phi) is 5.07. The van der Waals surface area contributed by atoms with Gasteiger partial charge in [-0.1, -0.05) is 27.2 Å². The maximum atomic E-state index is 10.7. The summed E-state index contributed by atoms with van der Waals surface area (Å²) in [6.07, 6.45) is 3.77. The van der Waals surface area contributed by atoms with Crippen molar-refractivity contribution >= 4 is 16.8 Å². The summed E-state index contributed by atoms with van der Waals surface area (Å²) in [7, 11) is 0. The molecule has 0 amide bonds. The van der Waals surface area contributed by atoms with Crippen molar-refractivity contribution in [3.05, 3.63) is 0 Å². The normalized spacial score (nSPS) is 31.9. The van der Waals surface area contributed by atoms with Gasteiger partial charge in [0.25, 0.3) is 0 Å². The van der Waals surface area contributed by atoms with Gasteiger partial charge in [-0.25, -0.2) is 0 Å². The lowest BCUT2D eigenvalue weighted by molar-refractivity contribution is -0.121. The molecule has 0 saturated heterocycles. The average molecular weight is 233 g/mol. The lowest BCUT2D eigenvalue weighted by Crippen LogP contribution is -2.35. The van der Waals surface area contributed by atoms with Crippen molar-refractivity contribution in [2.75, 3.05) is 6.61 Å². The molecule has 0 aromatic carbocycles. The molecule has 0 N–H and O–H groups in total. The lowest BCUT2D eigenvalue weighted by Gasteiger charge is -2.36. The molecule has 1 fully saturated rings. The van der Waals surface area contributed by atoms with Gasteiger partial charge in [0.2, 0.25) is 5.24 Å². The van der Waals surface area contributed by atoms with E-state index in [0.717, 1.165) is 6.42 Å². The van der Waals surface area contributed by atoms with Gasteiger partial charge in [-0.05, 0) is 42.2 Å². The molecular weight excluding hydrogens is 212 g/mol. The van der Waals surface area contributed by atoms with E-state index in [1.165, 1.54) is 12.8 Å². The number of hydrogen-bond acceptors (Lipinski definition) is 2. The second-order valence-corrected chi connectivity index (χ2v) is 5.45. The molecule has 0 heterocycles. The second-order valence-electron chi connectivity index (χ2n) is 5.03. The summed E-state index contributed by atoms with van der Waals surface area (Å²) < 4.78 is 5.61. The van der Waals surface area contributed by atoms with Crippen molar-refractivity contribution in [1.29, 1.82) is 0 Å². The Morgan fingerprint density at radius 1 is 1.47 bits per heavy atom. The van der Waals surface area contributed by atoms with Gasteiger partial charge in [0.1, 0.15) is 6.61 Å². The first-order valence-electron chi connectivity index (χ1n) is 5.80. The fourth-order valence-electron chi connectivity index (χ4n) is 2.48. The average Bonchev–Trinajstić information content (AvgIpc) is 2.14. The van der Waals surface area contributed by atoms with Gasteiger partial charge in [0.05, 0.1) is 6.10 Å². The fraction of sp³-hybridized carbons (Fsp3) is 0.917. The monoisotopic (exact) mass is 232 g/mol. The number of ether oxygens (including phenoxy) is 1. The molecule has 15 heavy (non-hydrogen) atoms. The van der Waals surface area contributed by atoms with Crippen molar-refractivity contribution in [2.24, 2.45) is 17.8 Å². The number of halogens is 1. The van der Waals surface area contributed by atoms with E-state index in [9.17, 15) is 4.79 Å². The van der Waals surface area contributed by atoms with Crippen LogP contribution in [0.1, 0.15) is 40.0 Å². The maximum Gasteiger partial charge on any atom is 0.247 e. The predicted molar refractivity (Wildman–Crippen MR) is 61.9 cm³/mol. The number of rotatable bonds is 4. The highest BCUT2D eigenvalue weighted by Crippen LogP contribution is 2.35. The van der Waals surface area contributed by atoms with E-state index < -0.39 is 5.24 Å². The summed E-state index contributed by atoms with van der Waals surface area (Å²) in [4.78, 5) is 10.7. The number of hydrogen-bond donors (Lipinski definition) is 0. The van der Waals surface area contributed by atoms with E-state index in [0.29, 0.717) is 17.8 Å². The standard InChI is InChI=1S/C12H21ClO2/c1-8(2)10-5-4-9(3)6-11(10)15-7-12(13)14/h8-11H,4-7H2,1-3H3/t9-,10+,11+/m1/s1. The molecule has 88 valence electrons. The van der Waals surface area contributed by atoms with Crippen LogP contribution in [-0.4, -0.2) is 18.0 Å². The maximum absolute atomic E-state index is 10.7. The minimum Gasteiger partial charge on any atom is -0.369 e. The molecule has 0 aromatic heterocycles. The first-order valence-corrected chi connectivity index (χ1v) is 6.18. The zero-order chi connectivity index (χ0) is 11.4. The van der Waals surface area contributed by atoms with Gasteiger partial charge >= 0.3 is 0 Å². The zero-order valence-electron chi connectivity index (χ0n) is 9.83. The van der Waals surface area contributed by atoms with Crippen LogP contribution in [0.5, 0.6) is 0 Å². The third-order valence-electron chi connectivity index (χ3n) is 3.37. The van der Waals surface area contributed by atoms with Crippen molar-refractivity contribution in [1.82, 2.24) is 0 Å². The van der Waals surface area contributed by atoms with Gasteiger partial charge < -0.3 is 4.74 Å². The van der Waals surface area contributed by atoms with Crippen LogP contribution in [0.25, 0.3) is 0 Å². The number of carbonyl (C=O) groups excluding carboxylic acids is 1. The molecule has 0 spiro atoms. The van der Waals surface area contributed by atoms with E-state index in [2.05, 4.69) is 20.8 Å². The van der Waals surface area contributed by atoms with Crippen molar-refractivity contribution in [3.63, 3.8) is 0 Å². The minimum atomic E-state index is -0.393. The van der Waals surface area contributed by atoms with Gasteiger partial charge in [-0.15, -0.1) is 0 Å². The molecule has 0 unspecified atom stereocenters. The SMILES string of the molecule is CC(C)[C@@H]1CC[C@@H](C)C[C@@H]1OCC(=O)Cl. The molecule has 0 aromatic rings. The van der Waals surface area contributed by atoms with E-state index in [1.54, 1.807) is 0 Å². The Labute approximate surface area is 97.3 Å². The van der Waals surface area contributed by atoms with Crippen LogP contribution in [0.15, 0.2) is 0 Å². The Morgan fingerprint density at radius 3 is 2.67 bits per heavy atom. The second kappa shape index (κ2) is 5.86. The van der Waals surface area contributed by atoms with Crippen molar-refractivity contribution in [2.45, 2.75) is 46.1 Å². The van der Waals surface area contributed by atoms with Crippen LogP contribution >= 0.6 is 11.6 Å². The topological polar surface area (TPSA) is 26.3 Å². The molecule has 0 bridgehead atoms.